The van der Waals surface area contributed by atoms with Crippen molar-refractivity contribution >= 4 is 27.5 Å². The van der Waals surface area contributed by atoms with Gasteiger partial charge in [-0.1, -0.05) is 18.2 Å². The third-order valence-corrected chi connectivity index (χ3v) is 4.95. The number of carbonyl (C=O) groups is 1. The van der Waals surface area contributed by atoms with Crippen molar-refractivity contribution in [3.63, 3.8) is 0 Å². The van der Waals surface area contributed by atoms with Crippen LogP contribution >= 0.6 is 0 Å². The third kappa shape index (κ3) is 2.11. The SMILES string of the molecule is Cc1ccccc1S(=O)(=O)n1ccc2nc(C=O)cnc21. The zero-order chi connectivity index (χ0) is 15.0. The second kappa shape index (κ2) is 4.78. The minimum Gasteiger partial charge on any atom is -0.296 e. The molecule has 2 heterocycles. The molecule has 2 aromatic heterocycles. The van der Waals surface area contributed by atoms with E-state index in [2.05, 4.69) is 9.97 Å². The Labute approximate surface area is 121 Å². The molecule has 0 atom stereocenters. The van der Waals surface area contributed by atoms with E-state index in [4.69, 9.17) is 0 Å². The monoisotopic (exact) mass is 301 g/mol. The number of carbonyl (C=O) groups excluding carboxylic acids is 1. The fourth-order valence-electron chi connectivity index (χ4n) is 2.10. The number of nitrogens with zero attached hydrogens (tertiary/aromatic N) is 3. The van der Waals surface area contributed by atoms with Crippen LogP contribution in [0.3, 0.4) is 0 Å². The number of hydrogen-bond donors (Lipinski definition) is 0. The highest BCUT2D eigenvalue weighted by Gasteiger charge is 2.21. The molecule has 106 valence electrons. The van der Waals surface area contributed by atoms with E-state index in [-0.39, 0.29) is 16.2 Å². The first-order chi connectivity index (χ1) is 10.0. The summed E-state index contributed by atoms with van der Waals surface area (Å²) in [6, 6.07) is 8.24. The quantitative estimate of drug-likeness (QED) is 0.689. The molecule has 0 aliphatic heterocycles. The molecule has 0 fully saturated rings. The largest absolute Gasteiger partial charge is 0.296 e. The first kappa shape index (κ1) is 13.4. The average molecular weight is 301 g/mol. The fraction of sp³-hybridized carbons (Fsp3) is 0.0714. The molecule has 0 bridgehead atoms. The van der Waals surface area contributed by atoms with E-state index in [0.29, 0.717) is 17.4 Å². The van der Waals surface area contributed by atoms with Crippen molar-refractivity contribution in [2.45, 2.75) is 11.8 Å². The van der Waals surface area contributed by atoms with Crippen LogP contribution in [0.15, 0.2) is 47.6 Å². The highest BCUT2D eigenvalue weighted by molar-refractivity contribution is 7.90. The number of aromatic nitrogens is 3. The van der Waals surface area contributed by atoms with Gasteiger partial charge in [-0.05, 0) is 24.6 Å². The maximum atomic E-state index is 12.7. The van der Waals surface area contributed by atoms with Gasteiger partial charge in [-0.3, -0.25) is 4.79 Å². The van der Waals surface area contributed by atoms with E-state index in [1.54, 1.807) is 31.2 Å². The third-order valence-electron chi connectivity index (χ3n) is 3.13. The molecule has 0 N–H and O–H groups in total. The number of aldehydes is 1. The summed E-state index contributed by atoms with van der Waals surface area (Å²) in [7, 11) is -3.75. The number of hydrogen-bond acceptors (Lipinski definition) is 5. The lowest BCUT2D eigenvalue weighted by molar-refractivity contribution is 0.111. The Morgan fingerprint density at radius 2 is 1.95 bits per heavy atom. The molecule has 6 nitrogen and oxygen atoms in total. The summed E-state index contributed by atoms with van der Waals surface area (Å²) in [5.74, 6) is 0. The number of rotatable bonds is 3. The predicted molar refractivity (Wildman–Crippen MR) is 76.7 cm³/mol. The molecule has 0 spiro atoms. The van der Waals surface area contributed by atoms with Crippen molar-refractivity contribution in [2.75, 3.05) is 0 Å². The molecule has 3 rings (SSSR count). The van der Waals surface area contributed by atoms with Crippen LogP contribution in [0.2, 0.25) is 0 Å². The lowest BCUT2D eigenvalue weighted by atomic mass is 10.2. The summed E-state index contributed by atoms with van der Waals surface area (Å²) in [5, 5.41) is 0. The molecule has 3 aromatic rings. The van der Waals surface area contributed by atoms with Gasteiger partial charge in [-0.15, -0.1) is 0 Å². The lowest BCUT2D eigenvalue weighted by Crippen LogP contribution is -2.13. The Kier molecular flexibility index (Phi) is 3.06. The van der Waals surface area contributed by atoms with Gasteiger partial charge in [0.2, 0.25) is 0 Å². The van der Waals surface area contributed by atoms with Crippen molar-refractivity contribution < 1.29 is 13.2 Å². The Hall–Kier alpha value is -2.54. The summed E-state index contributed by atoms with van der Waals surface area (Å²) >= 11 is 0. The van der Waals surface area contributed by atoms with Crippen LogP contribution in [0.25, 0.3) is 11.2 Å². The molecule has 0 saturated carbocycles. The van der Waals surface area contributed by atoms with Crippen LogP contribution in [0.1, 0.15) is 16.1 Å². The molecule has 0 saturated heterocycles. The van der Waals surface area contributed by atoms with Gasteiger partial charge in [-0.2, -0.15) is 0 Å². The Morgan fingerprint density at radius 1 is 1.19 bits per heavy atom. The van der Waals surface area contributed by atoms with Crippen LogP contribution in [0.4, 0.5) is 0 Å². The first-order valence-electron chi connectivity index (χ1n) is 6.14. The summed E-state index contributed by atoms with van der Waals surface area (Å²) in [6.07, 6.45) is 3.21. The van der Waals surface area contributed by atoms with Crippen LogP contribution in [0, 0.1) is 6.92 Å². The van der Waals surface area contributed by atoms with Gasteiger partial charge in [0.05, 0.1) is 11.1 Å². The van der Waals surface area contributed by atoms with Crippen LogP contribution in [-0.2, 0) is 10.0 Å². The van der Waals surface area contributed by atoms with Crippen LogP contribution in [-0.4, -0.2) is 28.6 Å². The van der Waals surface area contributed by atoms with Crippen LogP contribution < -0.4 is 0 Å². The van der Waals surface area contributed by atoms with Crippen LogP contribution in [0.5, 0.6) is 0 Å². The molecule has 7 heteroatoms. The lowest BCUT2D eigenvalue weighted by Gasteiger charge is -2.09. The Balaban J connectivity index is 2.25. The van der Waals surface area contributed by atoms with E-state index in [9.17, 15) is 13.2 Å². The standard InChI is InChI=1S/C14H11N3O3S/c1-10-4-2-3-5-13(10)21(19,20)17-7-6-12-14(17)15-8-11(9-18)16-12/h2-9H,1H3. The summed E-state index contributed by atoms with van der Waals surface area (Å²) < 4.78 is 26.5. The molecule has 0 unspecified atom stereocenters. The molecule has 0 aliphatic carbocycles. The second-order valence-electron chi connectivity index (χ2n) is 4.50. The molecule has 1 aromatic carbocycles. The topological polar surface area (TPSA) is 81.9 Å². The van der Waals surface area contributed by atoms with Gasteiger partial charge in [0, 0.05) is 6.20 Å². The summed E-state index contributed by atoms with van der Waals surface area (Å²) in [6.45, 7) is 1.73. The predicted octanol–water partition coefficient (Wildman–Crippen LogP) is 1.79. The highest BCUT2D eigenvalue weighted by Crippen LogP contribution is 2.22. The minimum absolute atomic E-state index is 0.161. The highest BCUT2D eigenvalue weighted by atomic mass is 32.2. The number of aryl methyl sites for hydroxylation is 1. The van der Waals surface area contributed by atoms with Gasteiger partial charge in [0.25, 0.3) is 10.0 Å². The molecule has 21 heavy (non-hydrogen) atoms. The molecule has 0 amide bonds. The van der Waals surface area contributed by atoms with Crippen molar-refractivity contribution in [3.8, 4) is 0 Å². The maximum Gasteiger partial charge on any atom is 0.269 e. The van der Waals surface area contributed by atoms with E-state index in [1.165, 1.54) is 18.5 Å². The molecular formula is C14H11N3O3S. The zero-order valence-corrected chi connectivity index (χ0v) is 11.9. The van der Waals surface area contributed by atoms with E-state index < -0.39 is 10.0 Å². The van der Waals surface area contributed by atoms with Crippen molar-refractivity contribution in [1.82, 2.24) is 13.9 Å². The number of benzene rings is 1. The second-order valence-corrected chi connectivity index (χ2v) is 6.29. The molecule has 0 aliphatic rings. The van der Waals surface area contributed by atoms with Gasteiger partial charge in [0.1, 0.15) is 11.2 Å². The summed E-state index contributed by atoms with van der Waals surface area (Å²) in [5.41, 5.74) is 1.37. The molecule has 0 radical (unpaired) electrons. The average Bonchev–Trinajstić information content (AvgIpc) is 2.91. The minimum atomic E-state index is -3.75. The maximum absolute atomic E-state index is 12.7. The van der Waals surface area contributed by atoms with E-state index in [1.807, 2.05) is 0 Å². The normalized spacial score (nSPS) is 11.7. The Morgan fingerprint density at radius 3 is 2.67 bits per heavy atom. The van der Waals surface area contributed by atoms with E-state index in [0.717, 1.165) is 3.97 Å². The zero-order valence-electron chi connectivity index (χ0n) is 11.1. The van der Waals surface area contributed by atoms with Crippen molar-refractivity contribution in [1.29, 1.82) is 0 Å². The van der Waals surface area contributed by atoms with Crippen molar-refractivity contribution in [3.05, 3.63) is 54.0 Å². The summed E-state index contributed by atoms with van der Waals surface area (Å²) in [4.78, 5) is 19.0. The fourth-order valence-corrected chi connectivity index (χ4v) is 3.63. The van der Waals surface area contributed by atoms with Gasteiger partial charge in [0.15, 0.2) is 11.9 Å². The van der Waals surface area contributed by atoms with Gasteiger partial charge >= 0.3 is 0 Å². The van der Waals surface area contributed by atoms with Gasteiger partial charge in [-0.25, -0.2) is 22.4 Å². The smallest absolute Gasteiger partial charge is 0.269 e. The molecular weight excluding hydrogens is 290 g/mol. The Bertz CT molecular complexity index is 945. The first-order valence-corrected chi connectivity index (χ1v) is 7.58. The van der Waals surface area contributed by atoms with Gasteiger partial charge < -0.3 is 0 Å². The van der Waals surface area contributed by atoms with Crippen molar-refractivity contribution in [2.24, 2.45) is 0 Å². The van der Waals surface area contributed by atoms with E-state index >= 15 is 0 Å². The number of fused-ring (bicyclic) bond motifs is 1.